The Balaban J connectivity index is 2.03. The van der Waals surface area contributed by atoms with Crippen molar-refractivity contribution in [3.8, 4) is 0 Å². The Morgan fingerprint density at radius 1 is 1.08 bits per heavy atom. The highest BCUT2D eigenvalue weighted by molar-refractivity contribution is 6.30. The monoisotopic (exact) mass is 339 g/mol. The van der Waals surface area contributed by atoms with Crippen LogP contribution in [0.2, 0.25) is 5.02 Å². The van der Waals surface area contributed by atoms with Crippen LogP contribution in [0.3, 0.4) is 0 Å². The Morgan fingerprint density at radius 3 is 2.50 bits per heavy atom. The number of nitrogens with zero attached hydrogens (tertiary/aromatic N) is 1. The van der Waals surface area contributed by atoms with Crippen molar-refractivity contribution in [1.29, 1.82) is 0 Å². The van der Waals surface area contributed by atoms with Crippen LogP contribution in [0, 0.1) is 0 Å². The van der Waals surface area contributed by atoms with Crippen LogP contribution in [0.25, 0.3) is 11.0 Å². The maximum Gasteiger partial charge on any atom is 0.290 e. The van der Waals surface area contributed by atoms with Crippen LogP contribution in [-0.4, -0.2) is 17.4 Å². The third-order valence-corrected chi connectivity index (χ3v) is 4.65. The van der Waals surface area contributed by atoms with E-state index in [1.165, 1.54) is 0 Å². The van der Waals surface area contributed by atoms with Crippen LogP contribution in [0.1, 0.15) is 34.6 Å². The molecule has 1 amide bonds. The molecule has 1 atom stereocenters. The molecule has 0 N–H and O–H groups in total. The Labute approximate surface area is 143 Å². The first-order chi connectivity index (χ1) is 11.6. The molecule has 2 heterocycles. The summed E-state index contributed by atoms with van der Waals surface area (Å²) in [6.07, 6.45) is 0. The lowest BCUT2D eigenvalue weighted by molar-refractivity contribution is 0.0738. The predicted octanol–water partition coefficient (Wildman–Crippen LogP) is 4.01. The molecule has 5 heteroatoms. The van der Waals surface area contributed by atoms with E-state index in [1.807, 2.05) is 19.1 Å². The van der Waals surface area contributed by atoms with E-state index in [9.17, 15) is 9.59 Å². The number of carbonyl (C=O) groups excluding carboxylic acids is 1. The lowest BCUT2D eigenvalue weighted by Gasteiger charge is -2.23. The van der Waals surface area contributed by atoms with Crippen LogP contribution in [0.5, 0.6) is 0 Å². The van der Waals surface area contributed by atoms with Crippen LogP contribution in [0.15, 0.2) is 57.7 Å². The van der Waals surface area contributed by atoms with Gasteiger partial charge in [-0.05, 0) is 36.8 Å². The van der Waals surface area contributed by atoms with Gasteiger partial charge in [0.1, 0.15) is 5.58 Å². The van der Waals surface area contributed by atoms with E-state index in [-0.39, 0.29) is 17.1 Å². The summed E-state index contributed by atoms with van der Waals surface area (Å²) in [7, 11) is 0. The van der Waals surface area contributed by atoms with Crippen molar-refractivity contribution in [2.75, 3.05) is 6.54 Å². The molecule has 1 aromatic heterocycles. The zero-order valence-electron chi connectivity index (χ0n) is 13.0. The summed E-state index contributed by atoms with van der Waals surface area (Å²) in [4.78, 5) is 27.4. The lowest BCUT2D eigenvalue weighted by Crippen LogP contribution is -2.29. The van der Waals surface area contributed by atoms with Gasteiger partial charge in [0.2, 0.25) is 5.76 Å². The minimum atomic E-state index is -0.448. The van der Waals surface area contributed by atoms with Gasteiger partial charge in [0.15, 0.2) is 5.43 Å². The number of benzene rings is 2. The number of carbonyl (C=O) groups is 1. The van der Waals surface area contributed by atoms with Gasteiger partial charge in [0.05, 0.1) is 17.0 Å². The highest BCUT2D eigenvalue weighted by Gasteiger charge is 2.41. The molecule has 0 fully saturated rings. The number of rotatable bonds is 2. The quantitative estimate of drug-likeness (QED) is 0.708. The topological polar surface area (TPSA) is 50.5 Å². The molecule has 0 radical (unpaired) electrons. The van der Waals surface area contributed by atoms with Gasteiger partial charge >= 0.3 is 0 Å². The normalized spacial score (nSPS) is 16.7. The number of hydrogen-bond acceptors (Lipinski definition) is 3. The molecule has 120 valence electrons. The van der Waals surface area contributed by atoms with Gasteiger partial charge < -0.3 is 9.32 Å². The highest BCUT2D eigenvalue weighted by Crippen LogP contribution is 2.38. The van der Waals surface area contributed by atoms with Gasteiger partial charge in [-0.1, -0.05) is 35.9 Å². The molecule has 1 aliphatic heterocycles. The minimum absolute atomic E-state index is 0.139. The molecule has 0 spiro atoms. The Kier molecular flexibility index (Phi) is 3.43. The molecule has 1 aliphatic rings. The molecular weight excluding hydrogens is 326 g/mol. The summed E-state index contributed by atoms with van der Waals surface area (Å²) >= 11 is 5.97. The maximum absolute atomic E-state index is 13.0. The molecule has 0 saturated carbocycles. The molecular formula is C19H14ClNO3. The number of halogens is 1. The molecule has 24 heavy (non-hydrogen) atoms. The van der Waals surface area contributed by atoms with E-state index in [0.717, 1.165) is 5.56 Å². The second-order valence-electron chi connectivity index (χ2n) is 5.72. The standard InChI is InChI=1S/C19H14ClNO3/c1-2-21-16(11-7-9-12(20)10-8-11)15-17(22)13-5-3-4-6-14(13)24-18(15)19(21)23/h3-10,16H,2H2,1H3/t16-/m1/s1. The molecule has 0 saturated heterocycles. The molecule has 0 aliphatic carbocycles. The third-order valence-electron chi connectivity index (χ3n) is 4.40. The van der Waals surface area contributed by atoms with Crippen LogP contribution < -0.4 is 5.43 Å². The van der Waals surface area contributed by atoms with Gasteiger partial charge in [-0.2, -0.15) is 0 Å². The van der Waals surface area contributed by atoms with Gasteiger partial charge in [0, 0.05) is 11.6 Å². The van der Waals surface area contributed by atoms with Gasteiger partial charge in [-0.25, -0.2) is 0 Å². The molecule has 4 nitrogen and oxygen atoms in total. The predicted molar refractivity (Wildman–Crippen MR) is 92.5 cm³/mol. The van der Waals surface area contributed by atoms with Crippen LogP contribution in [0.4, 0.5) is 0 Å². The fourth-order valence-corrected chi connectivity index (χ4v) is 3.41. The van der Waals surface area contributed by atoms with E-state index in [0.29, 0.717) is 28.1 Å². The van der Waals surface area contributed by atoms with Crippen LogP contribution in [-0.2, 0) is 0 Å². The summed E-state index contributed by atoms with van der Waals surface area (Å²) in [6, 6.07) is 13.7. The summed E-state index contributed by atoms with van der Waals surface area (Å²) in [5.41, 5.74) is 1.53. The Bertz CT molecular complexity index is 1010. The zero-order valence-corrected chi connectivity index (χ0v) is 13.7. The molecule has 0 unspecified atom stereocenters. The average Bonchev–Trinajstić information content (AvgIpc) is 2.88. The highest BCUT2D eigenvalue weighted by atomic mass is 35.5. The van der Waals surface area contributed by atoms with Gasteiger partial charge in [-0.3, -0.25) is 9.59 Å². The number of amides is 1. The molecule has 4 rings (SSSR count). The summed E-state index contributed by atoms with van der Waals surface area (Å²) < 4.78 is 5.79. The second kappa shape index (κ2) is 5.49. The van der Waals surface area contributed by atoms with E-state index in [1.54, 1.807) is 41.3 Å². The second-order valence-corrected chi connectivity index (χ2v) is 6.15. The first-order valence-electron chi connectivity index (χ1n) is 7.74. The third kappa shape index (κ3) is 2.07. The average molecular weight is 340 g/mol. The van der Waals surface area contributed by atoms with Crippen molar-refractivity contribution in [1.82, 2.24) is 4.90 Å². The van der Waals surface area contributed by atoms with Crippen molar-refractivity contribution >= 4 is 28.5 Å². The van der Waals surface area contributed by atoms with Crippen molar-refractivity contribution < 1.29 is 9.21 Å². The van der Waals surface area contributed by atoms with Crippen LogP contribution >= 0.6 is 11.6 Å². The lowest BCUT2D eigenvalue weighted by atomic mass is 9.98. The maximum atomic E-state index is 13.0. The van der Waals surface area contributed by atoms with Gasteiger partial charge in [-0.15, -0.1) is 0 Å². The number of fused-ring (bicyclic) bond motifs is 2. The number of para-hydroxylation sites is 1. The summed E-state index contributed by atoms with van der Waals surface area (Å²) in [5, 5.41) is 1.10. The summed E-state index contributed by atoms with van der Waals surface area (Å²) in [6.45, 7) is 2.36. The van der Waals surface area contributed by atoms with E-state index < -0.39 is 6.04 Å². The fourth-order valence-electron chi connectivity index (χ4n) is 3.28. The van der Waals surface area contributed by atoms with E-state index in [2.05, 4.69) is 0 Å². The van der Waals surface area contributed by atoms with Crippen molar-refractivity contribution in [3.05, 3.63) is 80.7 Å². The van der Waals surface area contributed by atoms with Crippen molar-refractivity contribution in [3.63, 3.8) is 0 Å². The fraction of sp³-hybridized carbons (Fsp3) is 0.158. The molecule has 3 aromatic rings. The molecule has 2 aromatic carbocycles. The van der Waals surface area contributed by atoms with E-state index >= 15 is 0 Å². The number of hydrogen-bond donors (Lipinski definition) is 0. The minimum Gasteiger partial charge on any atom is -0.450 e. The smallest absolute Gasteiger partial charge is 0.290 e. The van der Waals surface area contributed by atoms with Crippen molar-refractivity contribution in [2.45, 2.75) is 13.0 Å². The first kappa shape index (κ1) is 15.0. The SMILES string of the molecule is CCN1C(=O)c2oc3ccccc3c(=O)c2[C@H]1c1ccc(Cl)cc1. The largest absolute Gasteiger partial charge is 0.450 e. The van der Waals surface area contributed by atoms with Gasteiger partial charge in [0.25, 0.3) is 5.91 Å². The Morgan fingerprint density at radius 2 is 1.79 bits per heavy atom. The summed E-state index contributed by atoms with van der Waals surface area (Å²) in [5.74, 6) is -0.115. The van der Waals surface area contributed by atoms with E-state index in [4.69, 9.17) is 16.0 Å². The zero-order chi connectivity index (χ0) is 16.8. The Hall–Kier alpha value is -2.59. The first-order valence-corrected chi connectivity index (χ1v) is 8.11. The molecule has 0 bridgehead atoms. The van der Waals surface area contributed by atoms with Crippen molar-refractivity contribution in [2.24, 2.45) is 0 Å².